The van der Waals surface area contributed by atoms with Gasteiger partial charge in [-0.3, -0.25) is 14.4 Å². The Balaban J connectivity index is 1.30. The second-order valence-corrected chi connectivity index (χ2v) is 11.6. The molecule has 3 fully saturated rings. The predicted molar refractivity (Wildman–Crippen MR) is 128 cm³/mol. The van der Waals surface area contributed by atoms with Crippen LogP contribution < -0.4 is 4.74 Å². The Hall–Kier alpha value is -2.58. The summed E-state index contributed by atoms with van der Waals surface area (Å²) in [5.41, 5.74) is 2.41. The number of phenolic OH excluding ortho intramolecular Hbond substituents is 1. The minimum absolute atomic E-state index is 0.00541. The van der Waals surface area contributed by atoms with Crippen molar-refractivity contribution in [2.45, 2.75) is 75.7 Å². The third-order valence-electron chi connectivity index (χ3n) is 9.51. The fourth-order valence-electron chi connectivity index (χ4n) is 7.64. The van der Waals surface area contributed by atoms with Crippen LogP contribution in [0.1, 0.15) is 47.9 Å². The summed E-state index contributed by atoms with van der Waals surface area (Å²) in [4.78, 5) is 17.8. The van der Waals surface area contributed by atoms with Crippen LogP contribution in [0.3, 0.4) is 0 Å². The minimum atomic E-state index is -1.01. The third-order valence-corrected chi connectivity index (χ3v) is 9.51. The molecule has 1 amide bonds. The highest BCUT2D eigenvalue weighted by Crippen LogP contribution is 2.64. The zero-order chi connectivity index (χ0) is 24.1. The van der Waals surface area contributed by atoms with Gasteiger partial charge in [-0.25, -0.2) is 0 Å². The van der Waals surface area contributed by atoms with E-state index in [9.17, 15) is 15.0 Å². The molecule has 35 heavy (non-hydrogen) atoms. The van der Waals surface area contributed by atoms with Gasteiger partial charge in [-0.1, -0.05) is 6.07 Å². The third kappa shape index (κ3) is 2.93. The molecular formula is C27H34N4O4. The second-order valence-electron chi connectivity index (χ2n) is 11.6. The number of likely N-dealkylation sites (tertiary alicyclic amines) is 2. The van der Waals surface area contributed by atoms with E-state index >= 15 is 0 Å². The summed E-state index contributed by atoms with van der Waals surface area (Å²) < 4.78 is 8.23. The molecule has 0 radical (unpaired) electrons. The topological polar surface area (TPSA) is 91.1 Å². The highest BCUT2D eigenvalue weighted by atomic mass is 16.5. The standard InChI is InChI=1S/C27H34N4O4/c1-16-11-28-31(12-16)15-22(32)30-8-6-27(34)20-10-19-9-17(2)24(33)25-23(19)26(27,21(14-30)35-25)5-7-29(20)13-18-3-4-18/h9,11-12,18,20-21,33-34H,3-8,10,13-15H2,1-2H3/t20-,21+,26-,27-/m1/s1. The van der Waals surface area contributed by atoms with Crippen molar-refractivity contribution in [3.8, 4) is 11.5 Å². The van der Waals surface area contributed by atoms with Crippen LogP contribution in [0.15, 0.2) is 18.5 Å². The Morgan fingerprint density at radius 1 is 1.26 bits per heavy atom. The van der Waals surface area contributed by atoms with Crippen LogP contribution in [0.5, 0.6) is 11.5 Å². The fourth-order valence-corrected chi connectivity index (χ4v) is 7.64. The average molecular weight is 479 g/mol. The van der Waals surface area contributed by atoms with Gasteiger partial charge in [-0.15, -0.1) is 0 Å². The van der Waals surface area contributed by atoms with E-state index in [0.29, 0.717) is 25.3 Å². The van der Waals surface area contributed by atoms with Gasteiger partial charge in [0.1, 0.15) is 12.6 Å². The maximum absolute atomic E-state index is 13.4. The van der Waals surface area contributed by atoms with Crippen molar-refractivity contribution >= 4 is 5.91 Å². The molecule has 1 saturated carbocycles. The first-order valence-corrected chi connectivity index (χ1v) is 13.1. The number of piperidine rings is 1. The maximum Gasteiger partial charge on any atom is 0.244 e. The first-order valence-electron chi connectivity index (χ1n) is 13.1. The lowest BCUT2D eigenvalue weighted by Gasteiger charge is -2.60. The Morgan fingerprint density at radius 2 is 2.09 bits per heavy atom. The number of aromatic hydroxyl groups is 1. The van der Waals surface area contributed by atoms with E-state index in [4.69, 9.17) is 4.74 Å². The van der Waals surface area contributed by atoms with Crippen LogP contribution in [-0.4, -0.2) is 79.6 Å². The summed E-state index contributed by atoms with van der Waals surface area (Å²) in [5.74, 6) is 1.44. The highest BCUT2D eigenvalue weighted by molar-refractivity contribution is 5.76. The molecule has 4 atom stereocenters. The molecular weight excluding hydrogens is 444 g/mol. The summed E-state index contributed by atoms with van der Waals surface area (Å²) >= 11 is 0. The number of aryl methyl sites for hydroxylation is 2. The van der Waals surface area contributed by atoms with Gasteiger partial charge in [0, 0.05) is 30.9 Å². The van der Waals surface area contributed by atoms with Crippen molar-refractivity contribution in [1.82, 2.24) is 19.6 Å². The summed E-state index contributed by atoms with van der Waals surface area (Å²) in [6.07, 6.45) is 7.85. The number of aromatic nitrogens is 2. The highest BCUT2D eigenvalue weighted by Gasteiger charge is 2.71. The van der Waals surface area contributed by atoms with Crippen LogP contribution >= 0.6 is 0 Å². The molecule has 3 aliphatic heterocycles. The van der Waals surface area contributed by atoms with Crippen LogP contribution in [0.25, 0.3) is 0 Å². The Kier molecular flexibility index (Phi) is 4.48. The molecule has 2 aromatic rings. The van der Waals surface area contributed by atoms with Gasteiger partial charge >= 0.3 is 0 Å². The zero-order valence-electron chi connectivity index (χ0n) is 20.5. The number of carbonyl (C=O) groups excluding carboxylic acids is 1. The van der Waals surface area contributed by atoms with Crippen molar-refractivity contribution in [1.29, 1.82) is 0 Å². The molecule has 2 bridgehead atoms. The molecule has 2 saturated heterocycles. The number of benzene rings is 1. The molecule has 4 heterocycles. The Morgan fingerprint density at radius 3 is 2.83 bits per heavy atom. The lowest BCUT2D eigenvalue weighted by Crippen LogP contribution is -2.74. The van der Waals surface area contributed by atoms with Crippen molar-refractivity contribution in [3.05, 3.63) is 40.7 Å². The Bertz CT molecular complexity index is 1220. The van der Waals surface area contributed by atoms with Crippen molar-refractivity contribution in [2.75, 3.05) is 26.2 Å². The molecule has 1 aromatic heterocycles. The van der Waals surface area contributed by atoms with E-state index in [-0.39, 0.29) is 30.3 Å². The van der Waals surface area contributed by atoms with Crippen LogP contribution in [0.2, 0.25) is 0 Å². The first kappa shape index (κ1) is 21.7. The lowest BCUT2D eigenvalue weighted by atomic mass is 9.52. The van der Waals surface area contributed by atoms with E-state index in [1.807, 2.05) is 24.9 Å². The molecule has 2 aliphatic carbocycles. The average Bonchev–Trinajstić information content (AvgIpc) is 3.47. The molecule has 8 nitrogen and oxygen atoms in total. The molecule has 7 rings (SSSR count). The SMILES string of the molecule is Cc1cnn(CC(=O)N2CC[C@@]3(O)[C@H]4Cc5cc(C)c(O)c6c5[C@@]3(CCN4CC3CC3)[C@H](C2)O6)c1. The quantitative estimate of drug-likeness (QED) is 0.698. The summed E-state index contributed by atoms with van der Waals surface area (Å²) in [6.45, 7) is 6.90. The second kappa shape index (κ2) is 7.23. The molecule has 1 aromatic carbocycles. The van der Waals surface area contributed by atoms with Gasteiger partial charge in [0.2, 0.25) is 5.91 Å². The van der Waals surface area contributed by atoms with E-state index < -0.39 is 11.0 Å². The normalized spacial score (nSPS) is 33.3. The van der Waals surface area contributed by atoms with Crippen LogP contribution in [-0.2, 0) is 23.2 Å². The summed E-state index contributed by atoms with van der Waals surface area (Å²) in [7, 11) is 0. The molecule has 2 N–H and O–H groups in total. The summed E-state index contributed by atoms with van der Waals surface area (Å²) in [5, 5.41) is 28.0. The van der Waals surface area contributed by atoms with Gasteiger partial charge in [-0.05, 0) is 75.1 Å². The Labute approximate surface area is 205 Å². The first-order chi connectivity index (χ1) is 16.8. The number of phenols is 1. The molecule has 8 heteroatoms. The van der Waals surface area contributed by atoms with Crippen molar-refractivity contribution < 1.29 is 19.7 Å². The van der Waals surface area contributed by atoms with E-state index in [0.717, 1.165) is 48.5 Å². The van der Waals surface area contributed by atoms with Gasteiger partial charge in [0.05, 0.1) is 23.8 Å². The van der Waals surface area contributed by atoms with Gasteiger partial charge in [0.15, 0.2) is 11.5 Å². The van der Waals surface area contributed by atoms with E-state index in [2.05, 4.69) is 16.1 Å². The fraction of sp³-hybridized carbons (Fsp3) is 0.630. The van der Waals surface area contributed by atoms with E-state index in [1.54, 1.807) is 10.9 Å². The number of nitrogens with zero attached hydrogens (tertiary/aromatic N) is 4. The van der Waals surface area contributed by atoms with Crippen molar-refractivity contribution in [2.24, 2.45) is 5.92 Å². The smallest absolute Gasteiger partial charge is 0.244 e. The van der Waals surface area contributed by atoms with Gasteiger partial charge in [0.25, 0.3) is 0 Å². The largest absolute Gasteiger partial charge is 0.504 e. The number of ether oxygens (including phenoxy) is 1. The van der Waals surface area contributed by atoms with Gasteiger partial charge < -0.3 is 19.8 Å². The van der Waals surface area contributed by atoms with Crippen LogP contribution in [0, 0.1) is 19.8 Å². The number of carbonyl (C=O) groups is 1. The van der Waals surface area contributed by atoms with Crippen LogP contribution in [0.4, 0.5) is 0 Å². The molecule has 5 aliphatic rings. The predicted octanol–water partition coefficient (Wildman–Crippen LogP) is 1.91. The number of aliphatic hydroxyl groups is 1. The number of hydrogen-bond donors (Lipinski definition) is 2. The van der Waals surface area contributed by atoms with Gasteiger partial charge in [-0.2, -0.15) is 5.10 Å². The number of hydrogen-bond acceptors (Lipinski definition) is 6. The van der Waals surface area contributed by atoms with Crippen molar-refractivity contribution in [3.63, 3.8) is 0 Å². The molecule has 1 spiro atoms. The van der Waals surface area contributed by atoms with E-state index in [1.165, 1.54) is 18.4 Å². The molecule has 186 valence electrons. The maximum atomic E-state index is 13.4. The number of rotatable bonds is 4. The monoisotopic (exact) mass is 478 g/mol. The lowest BCUT2D eigenvalue weighted by molar-refractivity contribution is -0.162. The molecule has 0 unspecified atom stereocenters. The minimum Gasteiger partial charge on any atom is -0.504 e. The summed E-state index contributed by atoms with van der Waals surface area (Å²) in [6, 6.07) is 2.09. The number of amides is 1. The zero-order valence-corrected chi connectivity index (χ0v) is 20.5.